The predicted molar refractivity (Wildman–Crippen MR) is 91.0 cm³/mol. The Hall–Kier alpha value is -1.87. The first-order valence-corrected chi connectivity index (χ1v) is 9.08. The van der Waals surface area contributed by atoms with Gasteiger partial charge in [-0.25, -0.2) is 4.98 Å². The Morgan fingerprint density at radius 2 is 2.00 bits per heavy atom. The molecule has 0 aliphatic carbocycles. The van der Waals surface area contributed by atoms with E-state index < -0.39 is 11.7 Å². The van der Waals surface area contributed by atoms with Crippen LogP contribution in [0.3, 0.4) is 0 Å². The molecule has 0 saturated carbocycles. The molecular weight excluding hydrogens is 373 g/mol. The average molecular weight is 388 g/mol. The van der Waals surface area contributed by atoms with Crippen molar-refractivity contribution in [2.75, 3.05) is 12.3 Å². The molecule has 0 aromatic carbocycles. The van der Waals surface area contributed by atoms with Crippen LogP contribution in [0.2, 0.25) is 0 Å². The summed E-state index contributed by atoms with van der Waals surface area (Å²) in [5.74, 6) is -0.111. The Morgan fingerprint density at radius 1 is 1.24 bits per heavy atom. The van der Waals surface area contributed by atoms with E-state index in [9.17, 15) is 22.8 Å². The molecule has 2 aromatic rings. The van der Waals surface area contributed by atoms with Gasteiger partial charge in [0.1, 0.15) is 0 Å². The average Bonchev–Trinajstić information content (AvgIpc) is 3.01. The van der Waals surface area contributed by atoms with Crippen molar-refractivity contribution < 1.29 is 22.8 Å². The summed E-state index contributed by atoms with van der Waals surface area (Å²) in [4.78, 5) is 28.3. The number of pyridine rings is 1. The van der Waals surface area contributed by atoms with Crippen molar-refractivity contribution in [1.29, 1.82) is 0 Å². The Kier molecular flexibility index (Phi) is 6.60. The predicted octanol–water partition coefficient (Wildman–Crippen LogP) is 3.82. The molecule has 9 heteroatoms. The van der Waals surface area contributed by atoms with Crippen molar-refractivity contribution in [3.8, 4) is 0 Å². The smallest absolute Gasteiger partial charge is 0.356 e. The molecule has 0 bridgehead atoms. The maximum atomic E-state index is 12.5. The second-order valence-corrected chi connectivity index (χ2v) is 7.26. The highest BCUT2D eigenvalue weighted by molar-refractivity contribution is 7.99. The molecule has 2 aromatic heterocycles. The van der Waals surface area contributed by atoms with E-state index in [2.05, 4.69) is 10.3 Å². The van der Waals surface area contributed by atoms with Gasteiger partial charge in [-0.15, -0.1) is 11.3 Å². The van der Waals surface area contributed by atoms with Crippen molar-refractivity contribution in [3.05, 3.63) is 45.8 Å². The largest absolute Gasteiger partial charge is 0.417 e. The first-order chi connectivity index (χ1) is 11.8. The van der Waals surface area contributed by atoms with Gasteiger partial charge in [0.25, 0.3) is 0 Å². The molecule has 0 spiro atoms. The highest BCUT2D eigenvalue weighted by Gasteiger charge is 2.30. The van der Waals surface area contributed by atoms with Gasteiger partial charge in [-0.2, -0.15) is 13.2 Å². The maximum absolute atomic E-state index is 12.5. The lowest BCUT2D eigenvalue weighted by molar-refractivity contribution is -0.137. The number of alkyl halides is 3. The molecule has 0 fully saturated rings. The minimum absolute atomic E-state index is 0.101. The van der Waals surface area contributed by atoms with Crippen LogP contribution >= 0.6 is 23.1 Å². The molecule has 1 amide bonds. The number of ketones is 1. The van der Waals surface area contributed by atoms with Gasteiger partial charge >= 0.3 is 6.18 Å². The van der Waals surface area contributed by atoms with E-state index >= 15 is 0 Å². The standard InChI is InChI=1S/C16H15F3N2O2S2/c1-10(22)20-7-6-12-3-4-14(25-12)13(23)9-24-15-5-2-11(8-21-15)16(17,18)19/h2-5,8H,6-7,9H2,1H3,(H,20,22). The van der Waals surface area contributed by atoms with Crippen molar-refractivity contribution in [1.82, 2.24) is 10.3 Å². The van der Waals surface area contributed by atoms with E-state index in [1.807, 2.05) is 6.07 Å². The van der Waals surface area contributed by atoms with Crippen LogP contribution in [-0.2, 0) is 17.4 Å². The van der Waals surface area contributed by atoms with Gasteiger partial charge in [-0.3, -0.25) is 9.59 Å². The van der Waals surface area contributed by atoms with E-state index in [-0.39, 0.29) is 17.4 Å². The second kappa shape index (κ2) is 8.48. The summed E-state index contributed by atoms with van der Waals surface area (Å²) in [5.41, 5.74) is -0.815. The summed E-state index contributed by atoms with van der Waals surface area (Å²) in [6.07, 6.45) is -3.01. The summed E-state index contributed by atoms with van der Waals surface area (Å²) in [6, 6.07) is 5.76. The van der Waals surface area contributed by atoms with Gasteiger partial charge in [0, 0.05) is 24.5 Å². The third kappa shape index (κ3) is 6.17. The normalized spacial score (nSPS) is 11.4. The van der Waals surface area contributed by atoms with Gasteiger partial charge in [-0.05, 0) is 30.7 Å². The zero-order chi connectivity index (χ0) is 18.4. The minimum atomic E-state index is -4.42. The van der Waals surface area contributed by atoms with Crippen LogP contribution in [0.15, 0.2) is 35.5 Å². The van der Waals surface area contributed by atoms with Gasteiger partial charge in [0.15, 0.2) is 5.78 Å². The monoisotopic (exact) mass is 388 g/mol. The van der Waals surface area contributed by atoms with Gasteiger partial charge < -0.3 is 5.32 Å². The van der Waals surface area contributed by atoms with Crippen LogP contribution in [0.5, 0.6) is 0 Å². The van der Waals surface area contributed by atoms with Gasteiger partial charge in [0.2, 0.25) is 5.91 Å². The number of nitrogens with zero attached hydrogens (tertiary/aromatic N) is 1. The van der Waals surface area contributed by atoms with Crippen LogP contribution in [0, 0.1) is 0 Å². The number of hydrogen-bond acceptors (Lipinski definition) is 5. The van der Waals surface area contributed by atoms with Crippen LogP contribution in [0.1, 0.15) is 27.0 Å². The zero-order valence-electron chi connectivity index (χ0n) is 13.2. The Morgan fingerprint density at radius 3 is 2.60 bits per heavy atom. The highest BCUT2D eigenvalue weighted by Crippen LogP contribution is 2.29. The van der Waals surface area contributed by atoms with Crippen LogP contribution in [-0.4, -0.2) is 29.0 Å². The summed E-state index contributed by atoms with van der Waals surface area (Å²) in [5, 5.41) is 3.05. The van der Waals surface area contributed by atoms with Crippen molar-refractivity contribution in [2.45, 2.75) is 24.5 Å². The lowest BCUT2D eigenvalue weighted by atomic mass is 10.3. The van der Waals surface area contributed by atoms with E-state index in [1.54, 1.807) is 6.07 Å². The summed E-state index contributed by atoms with van der Waals surface area (Å²) in [7, 11) is 0. The Labute approximate surface area is 150 Å². The van der Waals surface area contributed by atoms with Gasteiger partial charge in [0.05, 0.1) is 21.2 Å². The molecule has 4 nitrogen and oxygen atoms in total. The van der Waals surface area contributed by atoms with E-state index in [0.29, 0.717) is 22.9 Å². The van der Waals surface area contributed by atoms with Crippen LogP contribution in [0.4, 0.5) is 13.2 Å². The quantitative estimate of drug-likeness (QED) is 0.579. The van der Waals surface area contributed by atoms with Gasteiger partial charge in [-0.1, -0.05) is 11.8 Å². The molecule has 1 N–H and O–H groups in total. The molecule has 0 atom stereocenters. The summed E-state index contributed by atoms with van der Waals surface area (Å²) in [6.45, 7) is 1.95. The molecule has 0 radical (unpaired) electrons. The molecule has 0 aliphatic rings. The van der Waals surface area contributed by atoms with E-state index in [1.165, 1.54) is 24.3 Å². The van der Waals surface area contributed by atoms with Crippen molar-refractivity contribution in [3.63, 3.8) is 0 Å². The number of thiophene rings is 1. The summed E-state index contributed by atoms with van der Waals surface area (Å²) < 4.78 is 37.4. The number of aromatic nitrogens is 1. The lowest BCUT2D eigenvalue weighted by Crippen LogP contribution is -2.22. The SMILES string of the molecule is CC(=O)NCCc1ccc(C(=O)CSc2ccc(C(F)(F)F)cn2)s1. The fraction of sp³-hybridized carbons (Fsp3) is 0.312. The maximum Gasteiger partial charge on any atom is 0.417 e. The fourth-order valence-electron chi connectivity index (χ4n) is 1.87. The first-order valence-electron chi connectivity index (χ1n) is 7.28. The van der Waals surface area contributed by atoms with E-state index in [0.717, 1.165) is 28.9 Å². The number of Topliss-reactive ketones (excluding diaryl/α,β-unsaturated/α-hetero) is 1. The molecule has 2 rings (SSSR count). The molecule has 2 heterocycles. The third-order valence-electron chi connectivity index (χ3n) is 3.10. The zero-order valence-corrected chi connectivity index (χ0v) is 14.9. The number of nitrogens with one attached hydrogen (secondary N) is 1. The lowest BCUT2D eigenvalue weighted by Gasteiger charge is -2.06. The number of amides is 1. The molecule has 0 saturated heterocycles. The second-order valence-electron chi connectivity index (χ2n) is 5.09. The number of halogens is 3. The molecule has 0 aliphatic heterocycles. The molecule has 134 valence electrons. The van der Waals surface area contributed by atoms with E-state index in [4.69, 9.17) is 0 Å². The minimum Gasteiger partial charge on any atom is -0.356 e. The number of carbonyl (C=O) groups is 2. The molecule has 25 heavy (non-hydrogen) atoms. The Bertz CT molecular complexity index is 743. The molecule has 0 unspecified atom stereocenters. The summed E-state index contributed by atoms with van der Waals surface area (Å²) >= 11 is 2.45. The number of hydrogen-bond donors (Lipinski definition) is 1. The number of thioether (sulfide) groups is 1. The van der Waals surface area contributed by atoms with Crippen LogP contribution in [0.25, 0.3) is 0 Å². The highest BCUT2D eigenvalue weighted by atomic mass is 32.2. The number of carbonyl (C=O) groups excluding carboxylic acids is 2. The van der Waals surface area contributed by atoms with Crippen molar-refractivity contribution >= 4 is 34.8 Å². The third-order valence-corrected chi connectivity index (χ3v) is 5.23. The molecular formula is C16H15F3N2O2S2. The topological polar surface area (TPSA) is 59.1 Å². The fourth-order valence-corrected chi connectivity index (χ4v) is 3.63. The van der Waals surface area contributed by atoms with Crippen LogP contribution < -0.4 is 5.32 Å². The first kappa shape index (κ1) is 19.5. The van der Waals surface area contributed by atoms with Crippen molar-refractivity contribution in [2.24, 2.45) is 0 Å². The Balaban J connectivity index is 1.86. The number of rotatable bonds is 7.